The first-order valence-corrected chi connectivity index (χ1v) is 10.5. The summed E-state index contributed by atoms with van der Waals surface area (Å²) in [6.45, 7) is -0.723. The number of hydrogen-bond acceptors (Lipinski definition) is 3. The van der Waals surface area contributed by atoms with Gasteiger partial charge in [0.2, 0.25) is 11.2 Å². The van der Waals surface area contributed by atoms with Crippen molar-refractivity contribution in [2.75, 3.05) is 6.61 Å². The van der Waals surface area contributed by atoms with E-state index in [1.54, 1.807) is 4.57 Å². The first-order chi connectivity index (χ1) is 14.3. The van der Waals surface area contributed by atoms with E-state index in [2.05, 4.69) is 4.18 Å². The maximum atomic E-state index is 12.6. The van der Waals surface area contributed by atoms with E-state index in [4.69, 9.17) is 0 Å². The molecule has 0 aliphatic rings. The van der Waals surface area contributed by atoms with Gasteiger partial charge in [-0.15, -0.1) is 0 Å². The first kappa shape index (κ1) is 20.3. The Morgan fingerprint density at radius 3 is 2.00 bits per heavy atom. The van der Waals surface area contributed by atoms with Crippen LogP contribution in [0.1, 0.15) is 0 Å². The van der Waals surface area contributed by atoms with Crippen molar-refractivity contribution in [3.63, 3.8) is 0 Å². The van der Waals surface area contributed by atoms with Crippen LogP contribution in [0.4, 0.5) is 13.2 Å². The van der Waals surface area contributed by atoms with Gasteiger partial charge in [-0.05, 0) is 24.3 Å². The van der Waals surface area contributed by atoms with Gasteiger partial charge in [0, 0.05) is 17.0 Å². The van der Waals surface area contributed by atoms with Crippen molar-refractivity contribution in [1.29, 1.82) is 0 Å². The molecule has 0 aliphatic heterocycles. The fraction of sp³-hybridized carbons (Fsp3) is 0.136. The number of aromatic nitrogens is 1. The fourth-order valence-corrected chi connectivity index (χ4v) is 4.00. The van der Waals surface area contributed by atoms with Gasteiger partial charge in [0.1, 0.15) is 6.61 Å². The van der Waals surface area contributed by atoms with Crippen molar-refractivity contribution in [1.82, 2.24) is 0 Å². The van der Waals surface area contributed by atoms with Crippen LogP contribution < -0.4 is 4.57 Å². The minimum absolute atomic E-state index is 0.0785. The minimum atomic E-state index is -5.65. The molecule has 0 N–H and O–H groups in total. The topological polar surface area (TPSA) is 47.3 Å². The van der Waals surface area contributed by atoms with E-state index in [0.29, 0.717) is 0 Å². The third-order valence-electron chi connectivity index (χ3n) is 4.82. The third-order valence-corrected chi connectivity index (χ3v) is 5.87. The molecule has 0 amide bonds. The summed E-state index contributed by atoms with van der Waals surface area (Å²) in [7, 11) is -5.65. The van der Waals surface area contributed by atoms with E-state index >= 15 is 0 Å². The van der Waals surface area contributed by atoms with Crippen LogP contribution in [0.2, 0.25) is 0 Å². The van der Waals surface area contributed by atoms with Gasteiger partial charge in [0.15, 0.2) is 6.54 Å². The summed E-state index contributed by atoms with van der Waals surface area (Å²) in [4.78, 5) is 0. The summed E-state index contributed by atoms with van der Waals surface area (Å²) in [6.07, 6.45) is 0. The van der Waals surface area contributed by atoms with E-state index in [1.807, 2.05) is 78.9 Å². The monoisotopic (exact) mass is 432 g/mol. The minimum Gasteiger partial charge on any atom is -0.256 e. The van der Waals surface area contributed by atoms with Crippen LogP contribution in [0.3, 0.4) is 0 Å². The Morgan fingerprint density at radius 1 is 0.767 bits per heavy atom. The molecule has 0 atom stereocenters. The van der Waals surface area contributed by atoms with Crippen LogP contribution >= 0.6 is 0 Å². The molecular weight excluding hydrogens is 415 g/mol. The number of rotatable bonds is 5. The number of benzene rings is 3. The Bertz CT molecular complexity index is 1320. The lowest BCUT2D eigenvalue weighted by molar-refractivity contribution is -0.660. The SMILES string of the molecule is O=S(=O)(OCC[n+]1c(-c2ccccc2)c2ccccc2c2ccccc21)C(F)(F)F. The quantitative estimate of drug-likeness (QED) is 0.197. The Kier molecular flexibility index (Phi) is 5.21. The molecule has 4 rings (SSSR count). The zero-order valence-corrected chi connectivity index (χ0v) is 16.5. The summed E-state index contributed by atoms with van der Waals surface area (Å²) < 4.78 is 66.6. The first-order valence-electron chi connectivity index (χ1n) is 9.14. The summed E-state index contributed by atoms with van der Waals surface area (Å²) in [5.74, 6) is 0. The van der Waals surface area contributed by atoms with Gasteiger partial charge in [0.05, 0.1) is 10.8 Å². The lowest BCUT2D eigenvalue weighted by atomic mass is 9.99. The highest BCUT2D eigenvalue weighted by atomic mass is 32.2. The van der Waals surface area contributed by atoms with Crippen molar-refractivity contribution in [2.45, 2.75) is 12.1 Å². The van der Waals surface area contributed by atoms with E-state index in [-0.39, 0.29) is 6.54 Å². The molecule has 4 nitrogen and oxygen atoms in total. The standard InChI is InChI=1S/C22H17F3NO3S/c23-22(24,25)30(27,28)29-15-14-26-20-13-7-6-11-18(20)17-10-4-5-12-19(17)21(26)16-8-2-1-3-9-16/h1-13H,14-15H2/q+1. The number of hydrogen-bond donors (Lipinski definition) is 0. The van der Waals surface area contributed by atoms with E-state index in [1.165, 1.54) is 0 Å². The van der Waals surface area contributed by atoms with Gasteiger partial charge in [-0.1, -0.05) is 48.5 Å². The Labute approximate surface area is 171 Å². The molecule has 0 unspecified atom stereocenters. The molecule has 0 saturated heterocycles. The second-order valence-corrected chi connectivity index (χ2v) is 8.26. The van der Waals surface area contributed by atoms with Gasteiger partial charge in [-0.2, -0.15) is 26.2 Å². The lowest BCUT2D eigenvalue weighted by Crippen LogP contribution is -2.40. The number of nitrogens with zero attached hydrogens (tertiary/aromatic N) is 1. The highest BCUT2D eigenvalue weighted by molar-refractivity contribution is 7.87. The molecule has 0 radical (unpaired) electrons. The average molecular weight is 432 g/mol. The van der Waals surface area contributed by atoms with Gasteiger partial charge < -0.3 is 0 Å². The second-order valence-electron chi connectivity index (χ2n) is 6.65. The smallest absolute Gasteiger partial charge is 0.256 e. The Balaban J connectivity index is 1.91. The van der Waals surface area contributed by atoms with E-state index in [9.17, 15) is 21.6 Å². The van der Waals surface area contributed by atoms with E-state index < -0.39 is 22.2 Å². The van der Waals surface area contributed by atoms with Crippen molar-refractivity contribution in [2.24, 2.45) is 0 Å². The van der Waals surface area contributed by atoms with Crippen LogP contribution in [0.5, 0.6) is 0 Å². The molecule has 0 bridgehead atoms. The molecule has 0 spiro atoms. The molecule has 0 saturated carbocycles. The van der Waals surface area contributed by atoms with Gasteiger partial charge in [-0.25, -0.2) is 0 Å². The zero-order chi connectivity index (χ0) is 21.4. The number of halogens is 3. The molecule has 1 aromatic heterocycles. The van der Waals surface area contributed by atoms with Crippen molar-refractivity contribution in [3.05, 3.63) is 78.9 Å². The lowest BCUT2D eigenvalue weighted by Gasteiger charge is -2.13. The average Bonchev–Trinajstić information content (AvgIpc) is 2.73. The Morgan fingerprint density at radius 2 is 1.33 bits per heavy atom. The second kappa shape index (κ2) is 7.70. The number of alkyl halides is 3. The zero-order valence-electron chi connectivity index (χ0n) is 15.6. The van der Waals surface area contributed by atoms with Gasteiger partial charge in [-0.3, -0.25) is 4.18 Å². The van der Waals surface area contributed by atoms with Crippen LogP contribution in [0.25, 0.3) is 32.9 Å². The van der Waals surface area contributed by atoms with Crippen LogP contribution in [0.15, 0.2) is 78.9 Å². The molecule has 4 aromatic rings. The van der Waals surface area contributed by atoms with Gasteiger partial charge in [0.25, 0.3) is 0 Å². The fourth-order valence-electron chi connectivity index (χ4n) is 3.57. The van der Waals surface area contributed by atoms with Crippen LogP contribution in [-0.2, 0) is 20.8 Å². The predicted molar refractivity (Wildman–Crippen MR) is 108 cm³/mol. The molecule has 1 heterocycles. The van der Waals surface area contributed by atoms with Crippen molar-refractivity contribution in [3.8, 4) is 11.3 Å². The van der Waals surface area contributed by atoms with Gasteiger partial charge >= 0.3 is 15.6 Å². The number of pyridine rings is 1. The normalized spacial score (nSPS) is 12.5. The number of para-hydroxylation sites is 1. The molecule has 0 fully saturated rings. The summed E-state index contributed by atoms with van der Waals surface area (Å²) >= 11 is 0. The predicted octanol–water partition coefficient (Wildman–Crippen LogP) is 4.81. The third kappa shape index (κ3) is 3.64. The molecule has 154 valence electrons. The summed E-state index contributed by atoms with van der Waals surface area (Å²) in [6, 6.07) is 24.6. The number of fused-ring (bicyclic) bond motifs is 3. The van der Waals surface area contributed by atoms with Crippen LogP contribution in [0, 0.1) is 0 Å². The molecule has 30 heavy (non-hydrogen) atoms. The Hall–Kier alpha value is -2.97. The largest absolute Gasteiger partial charge is 0.523 e. The summed E-state index contributed by atoms with van der Waals surface area (Å²) in [5, 5.41) is 2.81. The molecular formula is C22H17F3NO3S+. The molecule has 0 aliphatic carbocycles. The maximum Gasteiger partial charge on any atom is 0.523 e. The van der Waals surface area contributed by atoms with Crippen molar-refractivity contribution >= 4 is 31.8 Å². The van der Waals surface area contributed by atoms with Crippen LogP contribution in [-0.4, -0.2) is 20.5 Å². The van der Waals surface area contributed by atoms with Crippen molar-refractivity contribution < 1.29 is 30.3 Å². The highest BCUT2D eigenvalue weighted by Gasteiger charge is 2.47. The highest BCUT2D eigenvalue weighted by Crippen LogP contribution is 2.31. The van der Waals surface area contributed by atoms with E-state index in [0.717, 1.165) is 32.9 Å². The molecule has 3 aromatic carbocycles. The maximum absolute atomic E-state index is 12.6. The summed E-state index contributed by atoms with van der Waals surface area (Å²) in [5.41, 5.74) is -3.05. The molecule has 8 heteroatoms.